The van der Waals surface area contributed by atoms with E-state index in [9.17, 15) is 4.79 Å². The summed E-state index contributed by atoms with van der Waals surface area (Å²) in [5.74, 6) is -0.850. The molecule has 0 fully saturated rings. The van der Waals surface area contributed by atoms with Gasteiger partial charge in [0.05, 0.1) is 12.5 Å². The van der Waals surface area contributed by atoms with Gasteiger partial charge in [-0.25, -0.2) is 4.79 Å². The van der Waals surface area contributed by atoms with E-state index in [4.69, 9.17) is 27.0 Å². The molecule has 0 bridgehead atoms. The molecule has 0 rings (SSSR count). The highest BCUT2D eigenvalue weighted by Crippen LogP contribution is 1.96. The molecule has 0 aromatic rings. The molecule has 0 aliphatic carbocycles. The van der Waals surface area contributed by atoms with Gasteiger partial charge in [0, 0.05) is 5.57 Å². The Balaban J connectivity index is 0. The topological polar surface area (TPSA) is 125 Å². The molecule has 6 nitrogen and oxygen atoms in total. The van der Waals surface area contributed by atoms with Gasteiger partial charge in [0.25, 0.3) is 0 Å². The molecule has 7 N–H and O–H groups in total. The largest absolute Gasteiger partial charge is 0.478 e. The van der Waals surface area contributed by atoms with E-state index in [1.54, 1.807) is 25.5 Å². The zero-order valence-corrected chi connectivity index (χ0v) is 14.2. The summed E-state index contributed by atoms with van der Waals surface area (Å²) in [5.41, 5.74) is 16.3. The number of hydrogen-bond acceptors (Lipinski definition) is 5. The van der Waals surface area contributed by atoms with E-state index in [-0.39, 0.29) is 0 Å². The molecule has 0 unspecified atom stereocenters. The Bertz CT molecular complexity index is 337. The van der Waals surface area contributed by atoms with Gasteiger partial charge in [0.2, 0.25) is 0 Å². The molecule has 0 spiro atoms. The second-order valence-electron chi connectivity index (χ2n) is 4.86. The van der Waals surface area contributed by atoms with Gasteiger partial charge in [-0.2, -0.15) is 0 Å². The normalized spacial score (nSPS) is 11.6. The number of aliphatic carboxylic acids is 1. The molecule has 0 radical (unpaired) electrons. The van der Waals surface area contributed by atoms with Crippen LogP contribution in [0.1, 0.15) is 45.4 Å². The Labute approximate surface area is 140 Å². The SMILES string of the molecule is CC(=CCCCN)C(=O)O.NCCCC=COC=CCCCN. The van der Waals surface area contributed by atoms with Crippen LogP contribution in [0, 0.1) is 0 Å². The van der Waals surface area contributed by atoms with Gasteiger partial charge in [-0.3, -0.25) is 0 Å². The van der Waals surface area contributed by atoms with E-state index in [1.807, 2.05) is 12.2 Å². The van der Waals surface area contributed by atoms with E-state index in [0.29, 0.717) is 12.1 Å². The van der Waals surface area contributed by atoms with Crippen LogP contribution < -0.4 is 17.2 Å². The fourth-order valence-corrected chi connectivity index (χ4v) is 1.29. The molecule has 0 aliphatic heterocycles. The van der Waals surface area contributed by atoms with Crippen molar-refractivity contribution in [3.05, 3.63) is 36.3 Å². The standard InChI is InChI=1S/C10H20N2O.C7H13NO2/c11-7-3-1-5-9-13-10-6-2-4-8-12;1-6(7(9)10)4-2-3-5-8/h5-6,9-10H,1-4,7-8,11-12H2;4H,2-3,5,8H2,1H3,(H,9,10). The number of rotatable bonds is 12. The first-order chi connectivity index (χ1) is 11.1. The van der Waals surface area contributed by atoms with Crippen molar-refractivity contribution in [2.45, 2.75) is 45.4 Å². The maximum Gasteiger partial charge on any atom is 0.330 e. The Morgan fingerprint density at radius 1 is 0.913 bits per heavy atom. The van der Waals surface area contributed by atoms with Gasteiger partial charge in [-0.15, -0.1) is 0 Å². The first kappa shape index (κ1) is 23.6. The van der Waals surface area contributed by atoms with Crippen molar-refractivity contribution in [1.82, 2.24) is 0 Å². The van der Waals surface area contributed by atoms with Crippen LogP contribution in [-0.4, -0.2) is 30.7 Å². The van der Waals surface area contributed by atoms with Gasteiger partial charge < -0.3 is 27.0 Å². The third kappa shape index (κ3) is 22.8. The molecular formula is C17H33N3O3. The highest BCUT2D eigenvalue weighted by atomic mass is 16.5. The monoisotopic (exact) mass is 327 g/mol. The average molecular weight is 327 g/mol. The first-order valence-electron chi connectivity index (χ1n) is 8.05. The third-order valence-electron chi connectivity index (χ3n) is 2.70. The minimum atomic E-state index is -0.850. The van der Waals surface area contributed by atoms with Gasteiger partial charge in [0.15, 0.2) is 0 Å². The predicted molar refractivity (Wildman–Crippen MR) is 95.6 cm³/mol. The summed E-state index contributed by atoms with van der Waals surface area (Å²) < 4.78 is 5.08. The molecule has 0 atom stereocenters. The summed E-state index contributed by atoms with van der Waals surface area (Å²) in [4.78, 5) is 10.2. The lowest BCUT2D eigenvalue weighted by atomic mass is 10.2. The third-order valence-corrected chi connectivity index (χ3v) is 2.70. The number of allylic oxidation sites excluding steroid dienone is 3. The van der Waals surface area contributed by atoms with Crippen molar-refractivity contribution in [3.8, 4) is 0 Å². The fraction of sp³-hybridized carbons (Fsp3) is 0.588. The molecule has 0 saturated carbocycles. The van der Waals surface area contributed by atoms with E-state index in [1.165, 1.54) is 0 Å². The average Bonchev–Trinajstić information content (AvgIpc) is 2.54. The van der Waals surface area contributed by atoms with Crippen molar-refractivity contribution < 1.29 is 14.6 Å². The van der Waals surface area contributed by atoms with Crippen molar-refractivity contribution >= 4 is 5.97 Å². The Hall–Kier alpha value is -1.63. The molecule has 0 saturated heterocycles. The summed E-state index contributed by atoms with van der Waals surface area (Å²) in [6.07, 6.45) is 14.6. The highest BCUT2D eigenvalue weighted by Gasteiger charge is 1.96. The zero-order valence-electron chi connectivity index (χ0n) is 14.2. The van der Waals surface area contributed by atoms with Crippen LogP contribution >= 0.6 is 0 Å². The van der Waals surface area contributed by atoms with Crippen LogP contribution in [0.5, 0.6) is 0 Å². The molecular weight excluding hydrogens is 294 g/mol. The Morgan fingerprint density at radius 2 is 1.35 bits per heavy atom. The van der Waals surface area contributed by atoms with E-state index < -0.39 is 5.97 Å². The van der Waals surface area contributed by atoms with Crippen LogP contribution in [0.2, 0.25) is 0 Å². The van der Waals surface area contributed by atoms with Crippen molar-refractivity contribution in [1.29, 1.82) is 0 Å². The first-order valence-corrected chi connectivity index (χ1v) is 8.05. The summed E-state index contributed by atoms with van der Waals surface area (Å²) in [6.45, 7) is 3.66. The van der Waals surface area contributed by atoms with Gasteiger partial charge in [0.1, 0.15) is 0 Å². The van der Waals surface area contributed by atoms with Crippen molar-refractivity contribution in [3.63, 3.8) is 0 Å². The lowest BCUT2D eigenvalue weighted by molar-refractivity contribution is -0.132. The molecule has 0 heterocycles. The lowest BCUT2D eigenvalue weighted by Gasteiger charge is -1.92. The van der Waals surface area contributed by atoms with E-state index >= 15 is 0 Å². The molecule has 0 aromatic carbocycles. The maximum absolute atomic E-state index is 10.2. The lowest BCUT2D eigenvalue weighted by Crippen LogP contribution is -1.99. The van der Waals surface area contributed by atoms with Gasteiger partial charge in [-0.05, 0) is 77.2 Å². The number of carboxylic acid groups (broad SMARTS) is 1. The smallest absolute Gasteiger partial charge is 0.330 e. The van der Waals surface area contributed by atoms with Crippen LogP contribution in [0.15, 0.2) is 36.3 Å². The van der Waals surface area contributed by atoms with Crippen LogP contribution in [0.4, 0.5) is 0 Å². The second kappa shape index (κ2) is 20.4. The molecule has 0 aromatic heterocycles. The Morgan fingerprint density at radius 3 is 1.74 bits per heavy atom. The van der Waals surface area contributed by atoms with Crippen molar-refractivity contribution in [2.75, 3.05) is 19.6 Å². The number of carbonyl (C=O) groups is 1. The minimum absolute atomic E-state index is 0.397. The summed E-state index contributed by atoms with van der Waals surface area (Å²) in [5, 5.41) is 8.38. The van der Waals surface area contributed by atoms with Gasteiger partial charge >= 0.3 is 5.97 Å². The number of nitrogens with two attached hydrogens (primary N) is 3. The Kier molecular flexibility index (Phi) is 20.9. The highest BCUT2D eigenvalue weighted by molar-refractivity contribution is 5.85. The molecule has 23 heavy (non-hydrogen) atoms. The number of carboxylic acids is 1. The van der Waals surface area contributed by atoms with Crippen LogP contribution in [-0.2, 0) is 9.53 Å². The summed E-state index contributed by atoms with van der Waals surface area (Å²) >= 11 is 0. The van der Waals surface area contributed by atoms with Crippen molar-refractivity contribution in [2.24, 2.45) is 17.2 Å². The molecule has 0 aliphatic rings. The number of hydrogen-bond donors (Lipinski definition) is 4. The maximum atomic E-state index is 10.2. The van der Waals surface area contributed by atoms with Crippen LogP contribution in [0.25, 0.3) is 0 Å². The quantitative estimate of drug-likeness (QED) is 0.247. The van der Waals surface area contributed by atoms with E-state index in [2.05, 4.69) is 0 Å². The molecule has 0 amide bonds. The zero-order chi connectivity index (χ0) is 17.8. The predicted octanol–water partition coefficient (Wildman–Crippen LogP) is 2.26. The fourth-order valence-electron chi connectivity index (χ4n) is 1.29. The minimum Gasteiger partial charge on any atom is -0.478 e. The second-order valence-corrected chi connectivity index (χ2v) is 4.86. The number of unbranched alkanes of at least 4 members (excludes halogenated alkanes) is 3. The molecule has 6 heteroatoms. The van der Waals surface area contributed by atoms with Gasteiger partial charge in [-0.1, -0.05) is 6.08 Å². The van der Waals surface area contributed by atoms with E-state index in [0.717, 1.165) is 51.6 Å². The van der Waals surface area contributed by atoms with Crippen LogP contribution in [0.3, 0.4) is 0 Å². The summed E-state index contributed by atoms with van der Waals surface area (Å²) in [6, 6.07) is 0. The summed E-state index contributed by atoms with van der Waals surface area (Å²) in [7, 11) is 0. The molecule has 134 valence electrons. The number of ether oxygens (including phenoxy) is 1.